The van der Waals surface area contributed by atoms with Crippen LogP contribution in [0.2, 0.25) is 0 Å². The Bertz CT molecular complexity index is 1300. The van der Waals surface area contributed by atoms with E-state index >= 15 is 0 Å². The van der Waals surface area contributed by atoms with Gasteiger partial charge in [0.2, 0.25) is 0 Å². The number of amides is 1. The number of aromatic nitrogens is 2. The van der Waals surface area contributed by atoms with Crippen molar-refractivity contribution in [3.63, 3.8) is 0 Å². The number of unbranched alkanes of at least 4 members (excludes halogenated alkanes) is 1. The minimum absolute atomic E-state index is 0.133. The molecular weight excluding hydrogens is 453 g/mol. The normalized spacial score (nSPS) is 13.4. The van der Waals surface area contributed by atoms with E-state index in [9.17, 15) is 19.1 Å². The van der Waals surface area contributed by atoms with E-state index in [0.717, 1.165) is 18.4 Å². The highest BCUT2D eigenvalue weighted by Gasteiger charge is 2.37. The summed E-state index contributed by atoms with van der Waals surface area (Å²) in [5.74, 6) is -1.21. The molecule has 0 aliphatic carbocycles. The predicted octanol–water partition coefficient (Wildman–Crippen LogP) is 3.84. The summed E-state index contributed by atoms with van der Waals surface area (Å²) in [6.07, 6.45) is 3.15. The zero-order valence-electron chi connectivity index (χ0n) is 19.9. The number of H-pyrrole nitrogens is 1. The van der Waals surface area contributed by atoms with Gasteiger partial charge in [-0.15, -0.1) is 0 Å². The van der Waals surface area contributed by atoms with Crippen molar-refractivity contribution in [1.29, 1.82) is 0 Å². The molecule has 35 heavy (non-hydrogen) atoms. The van der Waals surface area contributed by atoms with Crippen molar-refractivity contribution in [1.82, 2.24) is 14.9 Å². The molecule has 0 atom stereocenters. The molecule has 3 heterocycles. The number of nitrogens with zero attached hydrogens (tertiary/aromatic N) is 2. The van der Waals surface area contributed by atoms with Gasteiger partial charge in [0.15, 0.2) is 5.82 Å². The standard InChI is InChI=1S/C26H28FN3O5/c1-4-5-10-18-21(20-15(2)8-6-11-19(20)34-3)23(31)22(24(32)29-18)26(33)30-13-16(14-30)35-25-17(27)9-7-12-28-25/h6-9,11-12,16H,4-5,10,13-14H2,1-3H3,(H2,29,31,32). The summed E-state index contributed by atoms with van der Waals surface area (Å²) < 4.78 is 24.9. The summed E-state index contributed by atoms with van der Waals surface area (Å²) >= 11 is 0. The van der Waals surface area contributed by atoms with Crippen molar-refractivity contribution in [2.45, 2.75) is 39.2 Å². The second kappa shape index (κ2) is 10.2. The van der Waals surface area contributed by atoms with E-state index in [2.05, 4.69) is 9.97 Å². The Morgan fingerprint density at radius 1 is 1.26 bits per heavy atom. The average Bonchev–Trinajstić information content (AvgIpc) is 2.81. The van der Waals surface area contributed by atoms with Crippen LogP contribution in [0.5, 0.6) is 17.4 Å². The maximum absolute atomic E-state index is 13.8. The second-order valence-electron chi connectivity index (χ2n) is 8.53. The van der Waals surface area contributed by atoms with Crippen molar-refractivity contribution in [2.24, 2.45) is 0 Å². The van der Waals surface area contributed by atoms with Crippen molar-refractivity contribution in [2.75, 3.05) is 20.2 Å². The fraction of sp³-hybridized carbons (Fsp3) is 0.346. The molecule has 1 aliphatic heterocycles. The number of nitrogens with one attached hydrogen (secondary N) is 1. The Kier molecular flexibility index (Phi) is 7.04. The number of aromatic amines is 1. The summed E-state index contributed by atoms with van der Waals surface area (Å²) in [7, 11) is 1.53. The lowest BCUT2D eigenvalue weighted by Gasteiger charge is -2.38. The molecule has 1 saturated heterocycles. The van der Waals surface area contributed by atoms with Crippen molar-refractivity contribution < 1.29 is 23.8 Å². The maximum Gasteiger partial charge on any atom is 0.264 e. The molecule has 1 amide bonds. The topological polar surface area (TPSA) is 105 Å². The average molecular weight is 482 g/mol. The third-order valence-electron chi connectivity index (χ3n) is 6.10. The maximum atomic E-state index is 13.8. The lowest BCUT2D eigenvalue weighted by atomic mass is 9.93. The first-order valence-corrected chi connectivity index (χ1v) is 11.5. The van der Waals surface area contributed by atoms with Gasteiger partial charge in [0.1, 0.15) is 23.2 Å². The molecule has 3 aromatic rings. The number of carbonyl (C=O) groups is 1. The summed E-state index contributed by atoms with van der Waals surface area (Å²) in [5.41, 5.74) is 1.40. The number of rotatable bonds is 8. The monoisotopic (exact) mass is 481 g/mol. The number of pyridine rings is 2. The number of hydrogen-bond donors (Lipinski definition) is 2. The third-order valence-corrected chi connectivity index (χ3v) is 6.10. The van der Waals surface area contributed by atoms with Crippen LogP contribution in [0, 0.1) is 12.7 Å². The number of hydrogen-bond acceptors (Lipinski definition) is 6. The number of likely N-dealkylation sites (tertiary alicyclic amines) is 1. The fourth-order valence-electron chi connectivity index (χ4n) is 4.23. The molecule has 0 spiro atoms. The molecule has 0 unspecified atom stereocenters. The second-order valence-corrected chi connectivity index (χ2v) is 8.53. The Labute approximate surface area is 202 Å². The quantitative estimate of drug-likeness (QED) is 0.507. The number of benzene rings is 1. The number of carbonyl (C=O) groups excluding carboxylic acids is 1. The highest BCUT2D eigenvalue weighted by atomic mass is 19.1. The first-order chi connectivity index (χ1) is 16.8. The molecule has 184 valence electrons. The molecular formula is C26H28FN3O5. The SMILES string of the molecule is CCCCc1[nH]c(=O)c(C(=O)N2CC(Oc3ncccc3F)C2)c(O)c1-c1c(C)cccc1OC. The molecule has 0 saturated carbocycles. The van der Waals surface area contributed by atoms with Crippen LogP contribution < -0.4 is 15.0 Å². The van der Waals surface area contributed by atoms with Crippen LogP contribution in [0.4, 0.5) is 4.39 Å². The van der Waals surface area contributed by atoms with Crippen LogP contribution in [0.1, 0.15) is 41.4 Å². The van der Waals surface area contributed by atoms with E-state index in [0.29, 0.717) is 29.0 Å². The summed E-state index contributed by atoms with van der Waals surface area (Å²) in [6, 6.07) is 8.18. The summed E-state index contributed by atoms with van der Waals surface area (Å²) in [5, 5.41) is 11.3. The lowest BCUT2D eigenvalue weighted by molar-refractivity contribution is 0.0141. The van der Waals surface area contributed by atoms with Crippen LogP contribution in [-0.2, 0) is 6.42 Å². The summed E-state index contributed by atoms with van der Waals surface area (Å²) in [6.45, 7) is 4.17. The molecule has 2 aromatic heterocycles. The van der Waals surface area contributed by atoms with Gasteiger partial charge in [0.25, 0.3) is 17.3 Å². The van der Waals surface area contributed by atoms with Gasteiger partial charge in [-0.05, 0) is 43.5 Å². The molecule has 2 N–H and O–H groups in total. The molecule has 9 heteroatoms. The van der Waals surface area contributed by atoms with Gasteiger partial charge in [-0.1, -0.05) is 25.5 Å². The minimum Gasteiger partial charge on any atom is -0.506 e. The molecule has 4 rings (SSSR count). The highest BCUT2D eigenvalue weighted by Crippen LogP contribution is 2.41. The molecule has 8 nitrogen and oxygen atoms in total. The van der Waals surface area contributed by atoms with Gasteiger partial charge in [-0.25, -0.2) is 9.37 Å². The van der Waals surface area contributed by atoms with Crippen LogP contribution in [-0.4, -0.2) is 52.2 Å². The van der Waals surface area contributed by atoms with E-state index in [1.807, 2.05) is 26.0 Å². The molecule has 0 radical (unpaired) electrons. The van der Waals surface area contributed by atoms with E-state index in [-0.39, 0.29) is 30.3 Å². The molecule has 1 fully saturated rings. The predicted molar refractivity (Wildman–Crippen MR) is 129 cm³/mol. The van der Waals surface area contributed by atoms with Gasteiger partial charge in [-0.3, -0.25) is 9.59 Å². The smallest absolute Gasteiger partial charge is 0.264 e. The van der Waals surface area contributed by atoms with Crippen LogP contribution >= 0.6 is 0 Å². The highest BCUT2D eigenvalue weighted by molar-refractivity contribution is 6.00. The van der Waals surface area contributed by atoms with Crippen LogP contribution in [0.15, 0.2) is 41.3 Å². The first kappa shape index (κ1) is 24.3. The van der Waals surface area contributed by atoms with Crippen molar-refractivity contribution in [3.05, 3.63) is 69.5 Å². The third kappa shape index (κ3) is 4.71. The number of ether oxygens (including phenoxy) is 2. The van der Waals surface area contributed by atoms with Gasteiger partial charge in [0.05, 0.1) is 20.2 Å². The number of aromatic hydroxyl groups is 1. The van der Waals surface area contributed by atoms with Gasteiger partial charge < -0.3 is 24.5 Å². The number of halogens is 1. The largest absolute Gasteiger partial charge is 0.506 e. The molecule has 1 aromatic carbocycles. The van der Waals surface area contributed by atoms with Gasteiger partial charge in [-0.2, -0.15) is 0 Å². The fourth-order valence-corrected chi connectivity index (χ4v) is 4.23. The van der Waals surface area contributed by atoms with Gasteiger partial charge in [0, 0.05) is 23.0 Å². The number of aryl methyl sites for hydroxylation is 2. The molecule has 0 bridgehead atoms. The zero-order chi connectivity index (χ0) is 25.1. The Hall–Kier alpha value is -3.88. The summed E-state index contributed by atoms with van der Waals surface area (Å²) in [4.78, 5) is 34.3. The van der Waals surface area contributed by atoms with Crippen molar-refractivity contribution in [3.8, 4) is 28.5 Å². The Balaban J connectivity index is 1.68. The van der Waals surface area contributed by atoms with E-state index in [1.165, 1.54) is 30.3 Å². The zero-order valence-corrected chi connectivity index (χ0v) is 19.9. The Morgan fingerprint density at radius 2 is 2.03 bits per heavy atom. The van der Waals surface area contributed by atoms with E-state index in [4.69, 9.17) is 9.47 Å². The number of methoxy groups -OCH3 is 1. The molecule has 1 aliphatic rings. The van der Waals surface area contributed by atoms with E-state index < -0.39 is 23.4 Å². The van der Waals surface area contributed by atoms with E-state index in [1.54, 1.807) is 6.07 Å². The first-order valence-electron chi connectivity index (χ1n) is 11.5. The lowest BCUT2D eigenvalue weighted by Crippen LogP contribution is -2.57. The van der Waals surface area contributed by atoms with Crippen LogP contribution in [0.25, 0.3) is 11.1 Å². The minimum atomic E-state index is -0.657. The van der Waals surface area contributed by atoms with Crippen LogP contribution in [0.3, 0.4) is 0 Å². The Morgan fingerprint density at radius 3 is 2.71 bits per heavy atom. The van der Waals surface area contributed by atoms with Crippen molar-refractivity contribution >= 4 is 5.91 Å². The van der Waals surface area contributed by atoms with Gasteiger partial charge >= 0.3 is 0 Å².